The monoisotopic (exact) mass is 1210 g/mol. The predicted molar refractivity (Wildman–Crippen MR) is 325 cm³/mol. The number of nitrogens with zero attached hydrogens (tertiary/aromatic N) is 1. The first kappa shape index (κ1) is 59.1. The van der Waals surface area contributed by atoms with Gasteiger partial charge in [-0.1, -0.05) is 273 Å². The number of halogens is 2. The quantitative estimate of drug-likeness (QED) is 0.0934. The maximum Gasteiger partial charge on any atom is 2.00 e. The van der Waals surface area contributed by atoms with E-state index in [0.29, 0.717) is 6.61 Å². The molecule has 0 saturated heterocycles. The Balaban J connectivity index is 0.000000158. The van der Waals surface area contributed by atoms with Gasteiger partial charge in [-0.05, 0) is 123 Å². The molecule has 9 aromatic carbocycles. The predicted octanol–water partition coefficient (Wildman–Crippen LogP) is 14.3. The molecule has 2 fully saturated rings. The van der Waals surface area contributed by atoms with Gasteiger partial charge in [0, 0.05) is 5.66 Å². The second-order valence-corrected chi connectivity index (χ2v) is 26.0. The third-order valence-corrected chi connectivity index (χ3v) is 19.2. The molecule has 0 aromatic heterocycles. The van der Waals surface area contributed by atoms with Crippen molar-refractivity contribution in [2.75, 3.05) is 6.61 Å². The molecular weight excluding hydrogens is 1160 g/mol. The molecule has 1 aliphatic heterocycles. The maximum absolute atomic E-state index is 6.09. The van der Waals surface area contributed by atoms with E-state index in [0.717, 1.165) is 11.8 Å². The minimum Gasteiger partial charge on any atom is -0.0622 e. The van der Waals surface area contributed by atoms with E-state index in [4.69, 9.17) is 29.1 Å². The van der Waals surface area contributed by atoms with Gasteiger partial charge in [0.15, 0.2) is 5.90 Å². The van der Waals surface area contributed by atoms with Crippen LogP contribution in [0.2, 0.25) is 0 Å². The van der Waals surface area contributed by atoms with Crippen LogP contribution in [0.15, 0.2) is 278 Å². The Bertz CT molecular complexity index is 2600. The van der Waals surface area contributed by atoms with E-state index in [2.05, 4.69) is 286 Å². The topological polar surface area (TPSA) is 21.6 Å². The van der Waals surface area contributed by atoms with Crippen molar-refractivity contribution in [3.8, 4) is 0 Å². The summed E-state index contributed by atoms with van der Waals surface area (Å²) in [5, 5.41) is 11.1. The third kappa shape index (κ3) is 17.7. The number of hydrogen-bond donors (Lipinski definition) is 0. The second-order valence-electron chi connectivity index (χ2n) is 16.7. The van der Waals surface area contributed by atoms with Crippen LogP contribution in [0.1, 0.15) is 11.6 Å². The van der Waals surface area contributed by atoms with Crippen molar-refractivity contribution in [2.45, 2.75) is 6.04 Å². The fraction of sp³-hybridized carbons (Fsp3) is 0.0299. The largest absolute Gasteiger partial charge is 2.00 e. The van der Waals surface area contributed by atoms with Crippen LogP contribution in [-0.2, 0) is 37.0 Å². The molecule has 10 radical (unpaired) electrons. The van der Waals surface area contributed by atoms with Gasteiger partial charge in [0.25, 0.3) is 0 Å². The molecule has 1 atom stereocenters. The maximum atomic E-state index is 6.09. The molecule has 378 valence electrons. The second kappa shape index (κ2) is 33.7. The minimum absolute atomic E-state index is 0. The molecule has 0 N–H and O–H groups in total. The summed E-state index contributed by atoms with van der Waals surface area (Å²) >= 11 is -0.346. The summed E-state index contributed by atoms with van der Waals surface area (Å²) in [5.41, 5.74) is 2.49. The average Bonchev–Trinajstić information content (AvgIpc) is 4.34. The minimum atomic E-state index is -0.675. The Labute approximate surface area is 483 Å². The zero-order valence-electron chi connectivity index (χ0n) is 41.5. The van der Waals surface area contributed by atoms with E-state index in [1.807, 2.05) is 38.2 Å². The zero-order chi connectivity index (χ0) is 51.5. The van der Waals surface area contributed by atoms with Gasteiger partial charge in [-0.15, -0.1) is 0 Å². The van der Waals surface area contributed by atoms with Gasteiger partial charge in [0.1, 0.15) is 12.6 Å². The molecule has 9 heteroatoms. The fourth-order valence-electron chi connectivity index (χ4n) is 8.41. The fourth-order valence-corrected chi connectivity index (χ4v) is 15.5. The molecule has 0 unspecified atom stereocenters. The van der Waals surface area contributed by atoms with E-state index in [9.17, 15) is 0 Å². The van der Waals surface area contributed by atoms with Crippen LogP contribution >= 0.6 is 43.1 Å². The molecule has 12 rings (SSSR count). The number of benzene rings is 9. The number of aliphatic imine (C=N–C) groups is 1. The summed E-state index contributed by atoms with van der Waals surface area (Å²) in [6.45, 7) is 0.596. The van der Waals surface area contributed by atoms with Crippen LogP contribution in [0.25, 0.3) is 0 Å². The van der Waals surface area contributed by atoms with Crippen molar-refractivity contribution in [2.24, 2.45) is 4.99 Å². The van der Waals surface area contributed by atoms with Crippen molar-refractivity contribution in [3.05, 3.63) is 341 Å². The molecule has 3 aliphatic rings. The first-order chi connectivity index (χ1) is 37.2. The summed E-state index contributed by atoms with van der Waals surface area (Å²) in [6, 6.07) is 96.6. The van der Waals surface area contributed by atoms with Gasteiger partial charge in [-0.3, -0.25) is 0 Å². The van der Waals surface area contributed by atoms with E-state index >= 15 is 0 Å². The molecule has 76 heavy (non-hydrogen) atoms. The van der Waals surface area contributed by atoms with Gasteiger partial charge < -0.3 is 4.74 Å². The molecular formula is C67H56Cl2FeNOP3Ru+2. The van der Waals surface area contributed by atoms with Crippen molar-refractivity contribution in [1.29, 1.82) is 0 Å². The van der Waals surface area contributed by atoms with Gasteiger partial charge in [-0.2, -0.15) is 0 Å². The molecule has 0 amide bonds. The summed E-state index contributed by atoms with van der Waals surface area (Å²) in [7, 11) is 8.14. The molecule has 0 spiro atoms. The summed E-state index contributed by atoms with van der Waals surface area (Å²) in [6.07, 6.45) is 16.5. The van der Waals surface area contributed by atoms with Gasteiger partial charge in [-0.25, -0.2) is 4.99 Å². The van der Waals surface area contributed by atoms with Crippen molar-refractivity contribution in [1.82, 2.24) is 0 Å². The smallest absolute Gasteiger partial charge is 0.0622 e. The van der Waals surface area contributed by atoms with E-state index < -0.39 is 23.8 Å². The number of ether oxygens (including phenoxy) is 1. The molecule has 0 bridgehead atoms. The standard InChI is InChI=1S/C26H21NOP.2C18H15P.C5H5.2ClH.Fe.Ru/c1-4-11-20(12-5-1)24-19-28-26(27-24)23-17-10-18-25(23)29(21-13-6-2-7-14-21)22-15-8-3-9-16-22;2*1-4-10-16(11-5-1)19(17-12-6-2-7-13-17)18-14-8-3-9-15-18;1-2-4-5-3-1;;;;/h1-18,24H,19H2;2*1-15H;1-5H;2*1H;;/q;;;;;;2*+2/p-2/t24-;;;;;;;/m1......./s1. The average molecular weight is 1210 g/mol. The van der Waals surface area contributed by atoms with Crippen molar-refractivity contribution < 1.29 is 37.0 Å². The first-order valence-corrected chi connectivity index (χ1v) is 33.1. The Kier molecular flexibility index (Phi) is 26.2. The van der Waals surface area contributed by atoms with Crippen LogP contribution < -0.4 is 42.4 Å². The summed E-state index contributed by atoms with van der Waals surface area (Å²) in [5.74, 6) is 1.88. The van der Waals surface area contributed by atoms with Crippen LogP contribution in [0.3, 0.4) is 0 Å². The number of rotatable bonds is 11. The Morgan fingerprint density at radius 3 is 0.868 bits per heavy atom. The Morgan fingerprint density at radius 2 is 0.592 bits per heavy atom. The third-order valence-electron chi connectivity index (χ3n) is 11.8. The van der Waals surface area contributed by atoms with Crippen LogP contribution in [0.5, 0.6) is 0 Å². The van der Waals surface area contributed by atoms with Gasteiger partial charge in [0.05, 0.1) is 5.92 Å². The first-order valence-electron chi connectivity index (χ1n) is 24.6. The molecule has 2 aliphatic carbocycles. The van der Waals surface area contributed by atoms with Crippen molar-refractivity contribution in [3.63, 3.8) is 0 Å². The molecule has 9 aromatic rings. The number of hydrogen-bond acceptors (Lipinski definition) is 2. The van der Waals surface area contributed by atoms with Crippen molar-refractivity contribution >= 4 is 91.5 Å². The zero-order valence-corrected chi connectivity index (χ0v) is 48.6. The SMILES string of the molecule is [CH]1[CH][CH][CH][CH]1.[CH]1[CH][C](C2=N[C@@H](c3ccccc3)CO2)[C](P(c2ccccc2)c2ccccc2)[CH]1.[Cl][Ru][Cl].[Fe+2].c1ccc(P(c2ccccc2)c2ccccc2)cc1.c1ccc(P(c2ccccc2)c2ccccc2)cc1. The molecule has 2 saturated carbocycles. The van der Waals surface area contributed by atoms with E-state index in [1.54, 1.807) is 0 Å². The van der Waals surface area contributed by atoms with Crippen LogP contribution in [0.4, 0.5) is 0 Å². The Morgan fingerprint density at radius 1 is 0.342 bits per heavy atom. The Hall–Kier alpha value is -4.54. The van der Waals surface area contributed by atoms with E-state index in [1.165, 1.54) is 53.7 Å². The van der Waals surface area contributed by atoms with E-state index in [-0.39, 0.29) is 38.3 Å². The van der Waals surface area contributed by atoms with Gasteiger partial charge in [0.2, 0.25) is 0 Å². The summed E-state index contributed by atoms with van der Waals surface area (Å²) < 4.78 is 6.09. The van der Waals surface area contributed by atoms with Crippen LogP contribution in [-0.4, -0.2) is 12.5 Å². The van der Waals surface area contributed by atoms with Crippen LogP contribution in [0, 0.1) is 62.9 Å². The summed E-state index contributed by atoms with van der Waals surface area (Å²) in [4.78, 5) is 4.94. The normalized spacial score (nSPS) is 14.8. The molecule has 1 heterocycles. The van der Waals surface area contributed by atoms with Gasteiger partial charge >= 0.3 is 51.6 Å². The molecule has 2 nitrogen and oxygen atoms in total.